The lowest BCUT2D eigenvalue weighted by Gasteiger charge is -2.24. The van der Waals surface area contributed by atoms with Crippen LogP contribution in [0.3, 0.4) is 0 Å². The molecule has 112 valence electrons. The third-order valence-corrected chi connectivity index (χ3v) is 4.23. The number of hydrogen-bond acceptors (Lipinski definition) is 7. The highest BCUT2D eigenvalue weighted by Crippen LogP contribution is 2.25. The van der Waals surface area contributed by atoms with Crippen molar-refractivity contribution in [2.24, 2.45) is 0 Å². The SMILES string of the molecule is CN1CCCN(C)C(c2noc(C3CC(O)CN3)n2)C1. The lowest BCUT2D eigenvalue weighted by Crippen LogP contribution is -2.31. The van der Waals surface area contributed by atoms with Crippen molar-refractivity contribution in [2.45, 2.75) is 31.0 Å². The summed E-state index contributed by atoms with van der Waals surface area (Å²) >= 11 is 0. The Morgan fingerprint density at radius 3 is 2.95 bits per heavy atom. The number of nitrogens with zero attached hydrogens (tertiary/aromatic N) is 4. The van der Waals surface area contributed by atoms with Crippen molar-refractivity contribution in [1.29, 1.82) is 0 Å². The average Bonchev–Trinajstić information content (AvgIpc) is 3.01. The Kier molecular flexibility index (Phi) is 4.02. The average molecular weight is 281 g/mol. The van der Waals surface area contributed by atoms with Crippen LogP contribution in [0.15, 0.2) is 4.52 Å². The van der Waals surface area contributed by atoms with E-state index in [0.29, 0.717) is 18.9 Å². The van der Waals surface area contributed by atoms with Crippen LogP contribution in [-0.2, 0) is 0 Å². The van der Waals surface area contributed by atoms with E-state index in [9.17, 15) is 5.11 Å². The number of nitrogens with one attached hydrogen (secondary N) is 1. The summed E-state index contributed by atoms with van der Waals surface area (Å²) in [6, 6.07) is 0.159. The summed E-state index contributed by atoms with van der Waals surface area (Å²) < 4.78 is 5.39. The van der Waals surface area contributed by atoms with Gasteiger partial charge in [0.15, 0.2) is 5.82 Å². The van der Waals surface area contributed by atoms with E-state index in [4.69, 9.17) is 4.52 Å². The van der Waals surface area contributed by atoms with E-state index in [2.05, 4.69) is 39.4 Å². The second-order valence-corrected chi connectivity index (χ2v) is 5.95. The van der Waals surface area contributed by atoms with Gasteiger partial charge in [-0.3, -0.25) is 4.90 Å². The summed E-state index contributed by atoms with van der Waals surface area (Å²) in [7, 11) is 4.24. The van der Waals surface area contributed by atoms with Gasteiger partial charge in [-0.1, -0.05) is 5.16 Å². The summed E-state index contributed by atoms with van der Waals surface area (Å²) in [6.07, 6.45) is 1.48. The van der Waals surface area contributed by atoms with Crippen molar-refractivity contribution in [2.75, 3.05) is 40.3 Å². The molecule has 0 aliphatic carbocycles. The van der Waals surface area contributed by atoms with Crippen LogP contribution in [0.1, 0.15) is 36.6 Å². The second-order valence-electron chi connectivity index (χ2n) is 5.95. The van der Waals surface area contributed by atoms with E-state index in [-0.39, 0.29) is 18.2 Å². The molecule has 3 rings (SSSR count). The maximum atomic E-state index is 9.56. The molecule has 0 spiro atoms. The predicted octanol–water partition coefficient (Wildman–Crippen LogP) is -0.227. The second kappa shape index (κ2) is 5.77. The molecule has 2 aliphatic heterocycles. The van der Waals surface area contributed by atoms with Crippen LogP contribution >= 0.6 is 0 Å². The van der Waals surface area contributed by atoms with E-state index < -0.39 is 0 Å². The molecule has 3 unspecified atom stereocenters. The fourth-order valence-electron chi connectivity index (χ4n) is 2.98. The van der Waals surface area contributed by atoms with Gasteiger partial charge in [-0.15, -0.1) is 0 Å². The fourth-order valence-corrected chi connectivity index (χ4v) is 2.98. The molecule has 1 aromatic heterocycles. The van der Waals surface area contributed by atoms with E-state index in [1.54, 1.807) is 0 Å². The molecule has 2 aliphatic rings. The normalized spacial score (nSPS) is 33.5. The highest BCUT2D eigenvalue weighted by Gasteiger charge is 2.31. The number of likely N-dealkylation sites (N-methyl/N-ethyl adjacent to an activating group) is 2. The van der Waals surface area contributed by atoms with Gasteiger partial charge in [-0.05, 0) is 40.0 Å². The highest BCUT2D eigenvalue weighted by molar-refractivity contribution is 5.02. The third-order valence-electron chi connectivity index (χ3n) is 4.23. The molecule has 2 saturated heterocycles. The van der Waals surface area contributed by atoms with Crippen LogP contribution in [0.2, 0.25) is 0 Å². The molecule has 2 fully saturated rings. The number of hydrogen-bond donors (Lipinski definition) is 2. The zero-order valence-electron chi connectivity index (χ0n) is 12.1. The Bertz CT molecular complexity index is 452. The smallest absolute Gasteiger partial charge is 0.243 e. The van der Waals surface area contributed by atoms with Gasteiger partial charge < -0.3 is 19.8 Å². The minimum absolute atomic E-state index is 0.0138. The number of aliphatic hydroxyl groups excluding tert-OH is 1. The van der Waals surface area contributed by atoms with Crippen LogP contribution in [0, 0.1) is 0 Å². The lowest BCUT2D eigenvalue weighted by atomic mass is 10.2. The van der Waals surface area contributed by atoms with Gasteiger partial charge in [0.2, 0.25) is 5.89 Å². The van der Waals surface area contributed by atoms with Crippen LogP contribution in [0.4, 0.5) is 0 Å². The Morgan fingerprint density at radius 2 is 2.20 bits per heavy atom. The van der Waals surface area contributed by atoms with Crippen LogP contribution < -0.4 is 5.32 Å². The van der Waals surface area contributed by atoms with Gasteiger partial charge in [-0.25, -0.2) is 0 Å². The van der Waals surface area contributed by atoms with Gasteiger partial charge in [0.1, 0.15) is 0 Å². The predicted molar refractivity (Wildman–Crippen MR) is 73.2 cm³/mol. The molecule has 2 N–H and O–H groups in total. The Labute approximate surface area is 118 Å². The first-order valence-corrected chi connectivity index (χ1v) is 7.27. The Balaban J connectivity index is 1.74. The number of aromatic nitrogens is 2. The number of aliphatic hydroxyl groups is 1. The van der Waals surface area contributed by atoms with Crippen LogP contribution in [-0.4, -0.2) is 71.4 Å². The Morgan fingerprint density at radius 1 is 1.35 bits per heavy atom. The van der Waals surface area contributed by atoms with E-state index >= 15 is 0 Å². The van der Waals surface area contributed by atoms with Crippen LogP contribution in [0.25, 0.3) is 0 Å². The summed E-state index contributed by atoms with van der Waals surface area (Å²) in [6.45, 7) is 3.64. The summed E-state index contributed by atoms with van der Waals surface area (Å²) in [5, 5.41) is 16.9. The van der Waals surface area contributed by atoms with Crippen molar-refractivity contribution in [1.82, 2.24) is 25.3 Å². The first-order chi connectivity index (χ1) is 9.63. The molecule has 20 heavy (non-hydrogen) atoms. The topological polar surface area (TPSA) is 77.7 Å². The molecular weight excluding hydrogens is 258 g/mol. The van der Waals surface area contributed by atoms with Gasteiger partial charge in [0.25, 0.3) is 0 Å². The molecule has 0 amide bonds. The molecule has 0 aromatic carbocycles. The largest absolute Gasteiger partial charge is 0.392 e. The van der Waals surface area contributed by atoms with Crippen molar-refractivity contribution in [3.63, 3.8) is 0 Å². The summed E-state index contributed by atoms with van der Waals surface area (Å²) in [5.74, 6) is 1.34. The molecule has 7 heteroatoms. The molecule has 1 aromatic rings. The van der Waals surface area contributed by atoms with Crippen molar-refractivity contribution in [3.8, 4) is 0 Å². The first kappa shape index (κ1) is 13.9. The maximum Gasteiger partial charge on any atom is 0.243 e. The van der Waals surface area contributed by atoms with Gasteiger partial charge in [-0.2, -0.15) is 4.98 Å². The zero-order valence-corrected chi connectivity index (χ0v) is 12.1. The minimum Gasteiger partial charge on any atom is -0.392 e. The van der Waals surface area contributed by atoms with Gasteiger partial charge in [0.05, 0.1) is 18.2 Å². The third kappa shape index (κ3) is 2.85. The highest BCUT2D eigenvalue weighted by atomic mass is 16.5. The first-order valence-electron chi connectivity index (χ1n) is 7.27. The lowest BCUT2D eigenvalue weighted by molar-refractivity contribution is 0.190. The molecule has 7 nitrogen and oxygen atoms in total. The zero-order chi connectivity index (χ0) is 14.1. The molecule has 3 heterocycles. The number of rotatable bonds is 2. The molecule has 0 saturated carbocycles. The molecule has 0 radical (unpaired) electrons. The van der Waals surface area contributed by atoms with E-state index in [1.807, 2.05) is 0 Å². The number of β-amino-alcohol motifs (C(OH)–C–C–N with tert-alkyl or cyclic N) is 1. The molecule has 3 atom stereocenters. The quantitative estimate of drug-likeness (QED) is 0.775. The van der Waals surface area contributed by atoms with E-state index in [0.717, 1.165) is 31.9 Å². The fraction of sp³-hybridized carbons (Fsp3) is 0.846. The van der Waals surface area contributed by atoms with Gasteiger partial charge >= 0.3 is 0 Å². The molecule has 0 bridgehead atoms. The van der Waals surface area contributed by atoms with E-state index in [1.165, 1.54) is 0 Å². The molecular formula is C13H23N5O2. The standard InChI is InChI=1S/C13H23N5O2/c1-17-4-3-5-18(2)11(8-17)12-15-13(20-16-12)10-6-9(19)7-14-10/h9-11,14,19H,3-8H2,1-2H3. The van der Waals surface area contributed by atoms with Gasteiger partial charge in [0, 0.05) is 13.1 Å². The summed E-state index contributed by atoms with van der Waals surface area (Å²) in [4.78, 5) is 9.15. The van der Waals surface area contributed by atoms with Crippen LogP contribution in [0.5, 0.6) is 0 Å². The maximum absolute atomic E-state index is 9.56. The monoisotopic (exact) mass is 281 g/mol. The van der Waals surface area contributed by atoms with Crippen molar-refractivity contribution in [3.05, 3.63) is 11.7 Å². The Hall–Kier alpha value is -1.02. The summed E-state index contributed by atoms with van der Waals surface area (Å²) in [5.41, 5.74) is 0. The van der Waals surface area contributed by atoms with Crippen molar-refractivity contribution < 1.29 is 9.63 Å². The minimum atomic E-state index is -0.318. The van der Waals surface area contributed by atoms with Crippen molar-refractivity contribution >= 4 is 0 Å².